The average molecular weight is 376 g/mol. The van der Waals surface area contributed by atoms with Crippen molar-refractivity contribution in [2.45, 2.75) is 39.6 Å². The van der Waals surface area contributed by atoms with Gasteiger partial charge in [0.05, 0.1) is 38.4 Å². The van der Waals surface area contributed by atoms with Gasteiger partial charge in [0.2, 0.25) is 0 Å². The van der Waals surface area contributed by atoms with Gasteiger partial charge in [0.1, 0.15) is 5.78 Å². The highest BCUT2D eigenvalue weighted by Gasteiger charge is 2.59. The van der Waals surface area contributed by atoms with Crippen molar-refractivity contribution in [2.75, 3.05) is 26.4 Å². The Balaban J connectivity index is 1.75. The third kappa shape index (κ3) is 4.23. The lowest BCUT2D eigenvalue weighted by Gasteiger charge is -2.37. The van der Waals surface area contributed by atoms with Gasteiger partial charge in [-0.15, -0.1) is 0 Å². The zero-order valence-corrected chi connectivity index (χ0v) is 16.2. The summed E-state index contributed by atoms with van der Waals surface area (Å²) in [5, 5.41) is 0. The van der Waals surface area contributed by atoms with E-state index in [2.05, 4.69) is 0 Å². The SMILES string of the molecule is CC(=O)OC[C@@H]1[C@@H](C2(C)OCCO2)CC(=O)[C@@]1(C)COCc1ccccc1. The normalized spacial score (nSPS) is 29.8. The topological polar surface area (TPSA) is 71.1 Å². The highest BCUT2D eigenvalue weighted by Crippen LogP contribution is 2.51. The minimum absolute atomic E-state index is 0.0954. The third-order valence-corrected chi connectivity index (χ3v) is 5.86. The van der Waals surface area contributed by atoms with Crippen molar-refractivity contribution in [1.29, 1.82) is 0 Å². The molecule has 0 bridgehead atoms. The van der Waals surface area contributed by atoms with Crippen molar-refractivity contribution in [3.63, 3.8) is 0 Å². The molecule has 148 valence electrons. The fraction of sp³-hybridized carbons (Fsp3) is 0.619. The summed E-state index contributed by atoms with van der Waals surface area (Å²) >= 11 is 0. The van der Waals surface area contributed by atoms with Crippen LogP contribution in [-0.4, -0.2) is 44.0 Å². The van der Waals surface area contributed by atoms with Crippen LogP contribution in [0, 0.1) is 17.3 Å². The van der Waals surface area contributed by atoms with Gasteiger partial charge in [-0.25, -0.2) is 0 Å². The lowest BCUT2D eigenvalue weighted by molar-refractivity contribution is -0.200. The van der Waals surface area contributed by atoms with E-state index < -0.39 is 11.2 Å². The summed E-state index contributed by atoms with van der Waals surface area (Å²) in [6.45, 7) is 6.99. The van der Waals surface area contributed by atoms with Crippen LogP contribution in [0.15, 0.2) is 30.3 Å². The second-order valence-corrected chi connectivity index (χ2v) is 7.75. The van der Waals surface area contributed by atoms with Gasteiger partial charge in [0.15, 0.2) is 5.79 Å². The van der Waals surface area contributed by atoms with Crippen LogP contribution in [0.2, 0.25) is 0 Å². The fourth-order valence-electron chi connectivity index (χ4n) is 4.17. The summed E-state index contributed by atoms with van der Waals surface area (Å²) in [6.07, 6.45) is 0.327. The lowest BCUT2D eigenvalue weighted by atomic mass is 9.75. The molecule has 6 nitrogen and oxygen atoms in total. The van der Waals surface area contributed by atoms with Crippen molar-refractivity contribution >= 4 is 11.8 Å². The molecule has 1 saturated carbocycles. The van der Waals surface area contributed by atoms with E-state index in [9.17, 15) is 9.59 Å². The molecule has 27 heavy (non-hydrogen) atoms. The number of benzene rings is 1. The summed E-state index contributed by atoms with van der Waals surface area (Å²) in [4.78, 5) is 24.4. The molecule has 1 aromatic carbocycles. The Hall–Kier alpha value is -1.76. The zero-order valence-electron chi connectivity index (χ0n) is 16.2. The van der Waals surface area contributed by atoms with E-state index in [1.165, 1.54) is 6.92 Å². The number of esters is 1. The molecule has 1 heterocycles. The average Bonchev–Trinajstić information content (AvgIpc) is 3.18. The quantitative estimate of drug-likeness (QED) is 0.682. The second-order valence-electron chi connectivity index (χ2n) is 7.75. The number of rotatable bonds is 7. The van der Waals surface area contributed by atoms with Crippen LogP contribution in [0.1, 0.15) is 32.8 Å². The molecule has 1 aliphatic heterocycles. The molecular formula is C21H28O6. The highest BCUT2D eigenvalue weighted by atomic mass is 16.7. The largest absolute Gasteiger partial charge is 0.466 e. The van der Waals surface area contributed by atoms with Gasteiger partial charge < -0.3 is 18.9 Å². The van der Waals surface area contributed by atoms with E-state index in [4.69, 9.17) is 18.9 Å². The summed E-state index contributed by atoms with van der Waals surface area (Å²) < 4.78 is 22.9. The maximum absolute atomic E-state index is 13.0. The van der Waals surface area contributed by atoms with Crippen molar-refractivity contribution < 1.29 is 28.5 Å². The van der Waals surface area contributed by atoms with Gasteiger partial charge in [-0.3, -0.25) is 9.59 Å². The molecule has 1 aliphatic carbocycles. The third-order valence-electron chi connectivity index (χ3n) is 5.86. The Morgan fingerprint density at radius 2 is 1.85 bits per heavy atom. The van der Waals surface area contributed by atoms with Crippen molar-refractivity contribution in [3.8, 4) is 0 Å². The molecule has 3 atom stereocenters. The summed E-state index contributed by atoms with van der Waals surface area (Å²) in [5.41, 5.74) is 0.293. The lowest BCUT2D eigenvalue weighted by Crippen LogP contribution is -2.44. The fourth-order valence-corrected chi connectivity index (χ4v) is 4.17. The van der Waals surface area contributed by atoms with Crippen LogP contribution in [0.5, 0.6) is 0 Å². The molecule has 0 aromatic heterocycles. The summed E-state index contributed by atoms with van der Waals surface area (Å²) in [6, 6.07) is 9.83. The minimum Gasteiger partial charge on any atom is -0.466 e. The molecule has 1 aromatic rings. The monoisotopic (exact) mass is 376 g/mol. The number of carbonyl (C=O) groups excluding carboxylic acids is 2. The van der Waals surface area contributed by atoms with Gasteiger partial charge in [-0.1, -0.05) is 30.3 Å². The van der Waals surface area contributed by atoms with Crippen molar-refractivity contribution in [1.82, 2.24) is 0 Å². The molecule has 0 N–H and O–H groups in total. The van der Waals surface area contributed by atoms with Crippen molar-refractivity contribution in [2.24, 2.45) is 17.3 Å². The van der Waals surface area contributed by atoms with Crippen LogP contribution in [0.4, 0.5) is 0 Å². The Morgan fingerprint density at radius 1 is 1.19 bits per heavy atom. The standard InChI is InChI=1S/C21H28O6/c1-15(22)25-13-18-17(21(3)26-9-10-27-21)11-19(23)20(18,2)14-24-12-16-7-5-4-6-8-16/h4-8,17-18H,9-14H2,1-3H3/t17-,18+,20-/m0/s1. The molecule has 2 aliphatic rings. The van der Waals surface area contributed by atoms with E-state index in [1.54, 1.807) is 0 Å². The van der Waals surface area contributed by atoms with Crippen LogP contribution in [0.3, 0.4) is 0 Å². The van der Waals surface area contributed by atoms with Crippen molar-refractivity contribution in [3.05, 3.63) is 35.9 Å². The summed E-state index contributed by atoms with van der Waals surface area (Å²) in [7, 11) is 0. The first kappa shape index (κ1) is 20.0. The van der Waals surface area contributed by atoms with Crippen LogP contribution in [-0.2, 0) is 35.1 Å². The number of ketones is 1. The molecule has 0 unspecified atom stereocenters. The first-order chi connectivity index (χ1) is 12.8. The molecular weight excluding hydrogens is 348 g/mol. The molecule has 0 amide bonds. The minimum atomic E-state index is -0.836. The van der Waals surface area contributed by atoms with Crippen LogP contribution >= 0.6 is 0 Å². The highest BCUT2D eigenvalue weighted by molar-refractivity contribution is 5.88. The predicted octanol–water partition coefficient (Wildman–Crippen LogP) is 2.74. The Kier molecular flexibility index (Phi) is 5.99. The predicted molar refractivity (Wildman–Crippen MR) is 97.8 cm³/mol. The molecule has 2 fully saturated rings. The number of ether oxygens (including phenoxy) is 4. The molecule has 6 heteroatoms. The number of carbonyl (C=O) groups is 2. The van der Waals surface area contributed by atoms with Gasteiger partial charge in [-0.2, -0.15) is 0 Å². The van der Waals surface area contributed by atoms with Gasteiger partial charge in [0.25, 0.3) is 0 Å². The van der Waals surface area contributed by atoms with Gasteiger partial charge >= 0.3 is 5.97 Å². The van der Waals surface area contributed by atoms with Crippen LogP contribution < -0.4 is 0 Å². The number of hydrogen-bond acceptors (Lipinski definition) is 6. The van der Waals surface area contributed by atoms with E-state index in [1.807, 2.05) is 44.2 Å². The van der Waals surface area contributed by atoms with E-state index >= 15 is 0 Å². The molecule has 1 saturated heterocycles. The maximum atomic E-state index is 13.0. The Bertz CT molecular complexity index is 667. The Labute approximate surface area is 160 Å². The maximum Gasteiger partial charge on any atom is 0.302 e. The second kappa shape index (κ2) is 8.09. The van der Waals surface area contributed by atoms with E-state index in [0.29, 0.717) is 26.2 Å². The smallest absolute Gasteiger partial charge is 0.302 e. The van der Waals surface area contributed by atoms with E-state index in [-0.39, 0.29) is 36.8 Å². The zero-order chi connectivity index (χ0) is 19.5. The number of Topliss-reactive ketones (excluding diaryl/α,β-unsaturated/α-hetero) is 1. The van der Waals surface area contributed by atoms with Gasteiger partial charge in [0, 0.05) is 25.2 Å². The van der Waals surface area contributed by atoms with Crippen LogP contribution in [0.25, 0.3) is 0 Å². The molecule has 3 rings (SSSR count). The molecule has 0 radical (unpaired) electrons. The summed E-state index contributed by atoms with van der Waals surface area (Å²) in [5.74, 6) is -1.51. The van der Waals surface area contributed by atoms with E-state index in [0.717, 1.165) is 5.56 Å². The first-order valence-electron chi connectivity index (χ1n) is 9.41. The Morgan fingerprint density at radius 3 is 2.48 bits per heavy atom. The number of hydrogen-bond donors (Lipinski definition) is 0. The first-order valence-corrected chi connectivity index (χ1v) is 9.41. The van der Waals surface area contributed by atoms with Gasteiger partial charge in [-0.05, 0) is 19.4 Å². The molecule has 0 spiro atoms.